The number of piperazine rings is 1. The van der Waals surface area contributed by atoms with Crippen LogP contribution >= 0.6 is 0 Å². The van der Waals surface area contributed by atoms with E-state index >= 15 is 0 Å². The second-order valence-corrected chi connectivity index (χ2v) is 8.40. The Bertz CT molecular complexity index is 872. The van der Waals surface area contributed by atoms with Crippen LogP contribution in [0.3, 0.4) is 0 Å². The van der Waals surface area contributed by atoms with Crippen LogP contribution in [0.15, 0.2) is 29.4 Å². The van der Waals surface area contributed by atoms with Crippen LogP contribution in [0.2, 0.25) is 0 Å². The van der Waals surface area contributed by atoms with E-state index in [-0.39, 0.29) is 5.91 Å². The van der Waals surface area contributed by atoms with E-state index in [1.807, 2.05) is 19.9 Å². The lowest BCUT2D eigenvalue weighted by Gasteiger charge is -2.34. The standard InChI is InChI=1S/C17H23N5O3S/c1-13-3-4-15(11-14(13)2)26(24,25)22-9-7-21(8-10-22)17(23)6-5-16-18-12-19-20-16/h3-4,11-12H,5-10H2,1-2H3,(H,18,19,20). The summed E-state index contributed by atoms with van der Waals surface area (Å²) in [6, 6.07) is 5.18. The molecular weight excluding hydrogens is 354 g/mol. The number of carbonyl (C=O) groups is 1. The Balaban J connectivity index is 1.58. The van der Waals surface area contributed by atoms with Crippen LogP contribution in [-0.4, -0.2) is 64.9 Å². The van der Waals surface area contributed by atoms with Gasteiger partial charge < -0.3 is 4.90 Å². The van der Waals surface area contributed by atoms with Gasteiger partial charge in [-0.3, -0.25) is 9.89 Å². The van der Waals surface area contributed by atoms with Gasteiger partial charge in [-0.05, 0) is 37.1 Å². The minimum atomic E-state index is -3.53. The molecule has 0 unspecified atom stereocenters. The number of sulfonamides is 1. The average molecular weight is 377 g/mol. The van der Waals surface area contributed by atoms with Crippen molar-refractivity contribution in [1.29, 1.82) is 0 Å². The summed E-state index contributed by atoms with van der Waals surface area (Å²) < 4.78 is 27.1. The fraction of sp³-hybridized carbons (Fsp3) is 0.471. The van der Waals surface area contributed by atoms with Crippen molar-refractivity contribution in [2.24, 2.45) is 0 Å². The number of aromatic nitrogens is 3. The van der Waals surface area contributed by atoms with Gasteiger partial charge in [0.1, 0.15) is 12.2 Å². The van der Waals surface area contributed by atoms with Crippen molar-refractivity contribution in [2.45, 2.75) is 31.6 Å². The van der Waals surface area contributed by atoms with Gasteiger partial charge in [0.15, 0.2) is 0 Å². The van der Waals surface area contributed by atoms with Crippen LogP contribution in [0.1, 0.15) is 23.4 Å². The summed E-state index contributed by atoms with van der Waals surface area (Å²) in [5.74, 6) is 0.680. The van der Waals surface area contributed by atoms with Crippen LogP contribution < -0.4 is 0 Å². The molecule has 1 aromatic carbocycles. The highest BCUT2D eigenvalue weighted by Crippen LogP contribution is 2.20. The number of nitrogens with zero attached hydrogens (tertiary/aromatic N) is 4. The third kappa shape index (κ3) is 3.94. The summed E-state index contributed by atoms with van der Waals surface area (Å²) in [6.45, 7) is 5.28. The van der Waals surface area contributed by atoms with Gasteiger partial charge in [-0.15, -0.1) is 0 Å². The van der Waals surface area contributed by atoms with E-state index in [0.717, 1.165) is 11.1 Å². The van der Waals surface area contributed by atoms with Crippen molar-refractivity contribution < 1.29 is 13.2 Å². The molecule has 140 valence electrons. The van der Waals surface area contributed by atoms with Crippen molar-refractivity contribution in [3.8, 4) is 0 Å². The van der Waals surface area contributed by atoms with Crippen molar-refractivity contribution in [2.75, 3.05) is 26.2 Å². The van der Waals surface area contributed by atoms with Crippen LogP contribution in [0.25, 0.3) is 0 Å². The van der Waals surface area contributed by atoms with E-state index in [0.29, 0.717) is 49.7 Å². The monoisotopic (exact) mass is 377 g/mol. The number of hydrogen-bond donors (Lipinski definition) is 1. The maximum atomic E-state index is 12.8. The number of hydrogen-bond acceptors (Lipinski definition) is 5. The summed E-state index contributed by atoms with van der Waals surface area (Å²) >= 11 is 0. The maximum Gasteiger partial charge on any atom is 0.243 e. The maximum absolute atomic E-state index is 12.8. The molecule has 2 aromatic rings. The highest BCUT2D eigenvalue weighted by atomic mass is 32.2. The third-order valence-corrected chi connectivity index (χ3v) is 6.64. The summed E-state index contributed by atoms with van der Waals surface area (Å²) in [7, 11) is -3.53. The zero-order chi connectivity index (χ0) is 18.7. The highest BCUT2D eigenvalue weighted by molar-refractivity contribution is 7.89. The summed E-state index contributed by atoms with van der Waals surface area (Å²) in [6.07, 6.45) is 2.25. The summed E-state index contributed by atoms with van der Waals surface area (Å²) in [4.78, 5) is 18.3. The van der Waals surface area contributed by atoms with Gasteiger partial charge in [-0.1, -0.05) is 6.07 Å². The van der Waals surface area contributed by atoms with E-state index in [1.54, 1.807) is 17.0 Å². The molecule has 1 saturated heterocycles. The Morgan fingerprint density at radius 2 is 1.88 bits per heavy atom. The summed E-state index contributed by atoms with van der Waals surface area (Å²) in [5.41, 5.74) is 2.01. The number of aryl methyl sites for hydroxylation is 3. The van der Waals surface area contributed by atoms with Crippen molar-refractivity contribution in [3.05, 3.63) is 41.5 Å². The predicted octanol–water partition coefficient (Wildman–Crippen LogP) is 0.887. The number of benzene rings is 1. The van der Waals surface area contributed by atoms with Crippen molar-refractivity contribution in [3.63, 3.8) is 0 Å². The van der Waals surface area contributed by atoms with E-state index < -0.39 is 10.0 Å². The normalized spacial score (nSPS) is 16.0. The Morgan fingerprint density at radius 1 is 1.15 bits per heavy atom. The molecule has 1 aromatic heterocycles. The predicted molar refractivity (Wildman–Crippen MR) is 96.0 cm³/mol. The first kappa shape index (κ1) is 18.5. The van der Waals surface area contributed by atoms with E-state index in [9.17, 15) is 13.2 Å². The Labute approximate surface area is 153 Å². The average Bonchev–Trinajstić information content (AvgIpc) is 3.15. The molecule has 0 bridgehead atoms. The molecule has 2 heterocycles. The number of aromatic amines is 1. The summed E-state index contributed by atoms with van der Waals surface area (Å²) in [5, 5.41) is 6.49. The number of nitrogens with one attached hydrogen (secondary N) is 1. The first-order valence-electron chi connectivity index (χ1n) is 8.57. The Hall–Kier alpha value is -2.26. The molecule has 3 rings (SSSR count). The number of rotatable bonds is 5. The first-order chi connectivity index (χ1) is 12.4. The number of H-pyrrole nitrogens is 1. The second-order valence-electron chi connectivity index (χ2n) is 6.46. The van der Waals surface area contributed by atoms with Gasteiger partial charge in [0.25, 0.3) is 0 Å². The molecule has 1 aliphatic heterocycles. The molecule has 0 atom stereocenters. The molecule has 0 radical (unpaired) electrons. The minimum Gasteiger partial charge on any atom is -0.340 e. The molecule has 1 amide bonds. The lowest BCUT2D eigenvalue weighted by Crippen LogP contribution is -2.50. The lowest BCUT2D eigenvalue weighted by molar-refractivity contribution is -0.132. The molecule has 26 heavy (non-hydrogen) atoms. The fourth-order valence-corrected chi connectivity index (χ4v) is 4.44. The lowest BCUT2D eigenvalue weighted by atomic mass is 10.1. The Kier molecular flexibility index (Phi) is 5.38. The van der Waals surface area contributed by atoms with Crippen LogP contribution in [0.4, 0.5) is 0 Å². The molecule has 0 aliphatic carbocycles. The van der Waals surface area contributed by atoms with Crippen LogP contribution in [0, 0.1) is 13.8 Å². The van der Waals surface area contributed by atoms with Gasteiger partial charge in [-0.25, -0.2) is 13.4 Å². The number of carbonyl (C=O) groups excluding carboxylic acids is 1. The molecule has 0 saturated carbocycles. The van der Waals surface area contributed by atoms with Gasteiger partial charge in [0.2, 0.25) is 15.9 Å². The smallest absolute Gasteiger partial charge is 0.243 e. The Morgan fingerprint density at radius 3 is 2.50 bits per heavy atom. The second kappa shape index (κ2) is 7.55. The zero-order valence-electron chi connectivity index (χ0n) is 15.0. The first-order valence-corrected chi connectivity index (χ1v) is 10.0. The van der Waals surface area contributed by atoms with Crippen LogP contribution in [0.5, 0.6) is 0 Å². The minimum absolute atomic E-state index is 0.00429. The fourth-order valence-electron chi connectivity index (χ4n) is 2.94. The molecule has 1 N–H and O–H groups in total. The molecule has 1 fully saturated rings. The molecule has 0 spiro atoms. The molecule has 9 heteroatoms. The van der Waals surface area contributed by atoms with Gasteiger partial charge >= 0.3 is 0 Å². The van der Waals surface area contributed by atoms with Gasteiger partial charge in [0, 0.05) is 39.0 Å². The van der Waals surface area contributed by atoms with Crippen LogP contribution in [-0.2, 0) is 21.2 Å². The van der Waals surface area contributed by atoms with E-state index in [1.165, 1.54) is 10.6 Å². The SMILES string of the molecule is Cc1ccc(S(=O)(=O)N2CCN(C(=O)CCc3ncn[nH]3)CC2)cc1C. The molecular formula is C17H23N5O3S. The largest absolute Gasteiger partial charge is 0.340 e. The zero-order valence-corrected chi connectivity index (χ0v) is 15.8. The quantitative estimate of drug-likeness (QED) is 0.834. The molecule has 1 aliphatic rings. The van der Waals surface area contributed by atoms with Gasteiger partial charge in [-0.2, -0.15) is 9.40 Å². The van der Waals surface area contributed by atoms with E-state index in [2.05, 4.69) is 15.2 Å². The van der Waals surface area contributed by atoms with Crippen molar-refractivity contribution in [1.82, 2.24) is 24.4 Å². The third-order valence-electron chi connectivity index (χ3n) is 4.75. The highest BCUT2D eigenvalue weighted by Gasteiger charge is 2.30. The molecule has 8 nitrogen and oxygen atoms in total. The topological polar surface area (TPSA) is 99.3 Å². The van der Waals surface area contributed by atoms with Gasteiger partial charge in [0.05, 0.1) is 4.90 Å². The van der Waals surface area contributed by atoms with Crippen molar-refractivity contribution >= 4 is 15.9 Å². The number of amides is 1. The van der Waals surface area contributed by atoms with E-state index in [4.69, 9.17) is 0 Å².